The van der Waals surface area contributed by atoms with Crippen molar-refractivity contribution in [3.05, 3.63) is 98.6 Å². The van der Waals surface area contributed by atoms with Crippen molar-refractivity contribution in [2.75, 3.05) is 5.32 Å². The van der Waals surface area contributed by atoms with Gasteiger partial charge in [0, 0.05) is 26.8 Å². The summed E-state index contributed by atoms with van der Waals surface area (Å²) in [5.41, 5.74) is 4.35. The maximum absolute atomic E-state index is 12.4. The topological polar surface area (TPSA) is 80.3 Å². The monoisotopic (exact) mass is 625 g/mol. The number of oxazole rings is 1. The van der Waals surface area contributed by atoms with Gasteiger partial charge >= 0.3 is 0 Å². The summed E-state index contributed by atoms with van der Waals surface area (Å²) in [6, 6.07) is 20.0. The number of nitrogens with zero attached hydrogens (tertiary/aromatic N) is 1. The van der Waals surface area contributed by atoms with Crippen molar-refractivity contribution >= 4 is 85.2 Å². The number of furan rings is 1. The second kappa shape index (κ2) is 11.1. The molecule has 0 fully saturated rings. The van der Waals surface area contributed by atoms with Crippen LogP contribution in [0.1, 0.15) is 11.3 Å². The average molecular weight is 627 g/mol. The van der Waals surface area contributed by atoms with Crippen LogP contribution in [-0.4, -0.2) is 16.0 Å². The quantitative estimate of drug-likeness (QED) is 0.150. The first kappa shape index (κ1) is 26.2. The highest BCUT2D eigenvalue weighted by atomic mass is 79.9. The van der Waals surface area contributed by atoms with Gasteiger partial charge in [0.05, 0.1) is 10.6 Å². The van der Waals surface area contributed by atoms with Crippen LogP contribution < -0.4 is 10.6 Å². The van der Waals surface area contributed by atoms with Crippen LogP contribution in [0.2, 0.25) is 10.0 Å². The van der Waals surface area contributed by atoms with Gasteiger partial charge in [-0.25, -0.2) is 4.98 Å². The number of hydrogen-bond acceptors (Lipinski definition) is 5. The molecule has 0 bridgehead atoms. The van der Waals surface area contributed by atoms with Crippen molar-refractivity contribution < 1.29 is 13.6 Å². The third-order valence-corrected chi connectivity index (χ3v) is 6.96. The van der Waals surface area contributed by atoms with Gasteiger partial charge in [0.15, 0.2) is 10.7 Å². The van der Waals surface area contributed by atoms with E-state index in [1.807, 2.05) is 43.3 Å². The normalized spacial score (nSPS) is 11.3. The molecule has 6 nitrogen and oxygen atoms in total. The molecule has 0 radical (unpaired) electrons. The number of rotatable bonds is 5. The number of hydrogen-bond donors (Lipinski definition) is 2. The maximum Gasteiger partial charge on any atom is 0.250 e. The largest absolute Gasteiger partial charge is 0.457 e. The lowest BCUT2D eigenvalue weighted by molar-refractivity contribution is -0.115. The van der Waals surface area contributed by atoms with E-state index in [-0.39, 0.29) is 5.11 Å². The molecule has 2 heterocycles. The molecule has 2 N–H and O–H groups in total. The van der Waals surface area contributed by atoms with E-state index in [0.717, 1.165) is 15.6 Å². The summed E-state index contributed by atoms with van der Waals surface area (Å²) in [5, 5.41) is 6.92. The number of aryl methyl sites for hydroxylation is 1. The van der Waals surface area contributed by atoms with Crippen LogP contribution in [-0.2, 0) is 4.79 Å². The van der Waals surface area contributed by atoms with Gasteiger partial charge in [-0.15, -0.1) is 0 Å². The molecule has 1 amide bonds. The van der Waals surface area contributed by atoms with E-state index >= 15 is 0 Å². The van der Waals surface area contributed by atoms with E-state index in [0.29, 0.717) is 49.8 Å². The van der Waals surface area contributed by atoms with E-state index in [1.54, 1.807) is 36.4 Å². The van der Waals surface area contributed by atoms with Crippen LogP contribution in [0.25, 0.3) is 40.0 Å². The minimum absolute atomic E-state index is 0.132. The first-order chi connectivity index (χ1) is 18.2. The maximum atomic E-state index is 12.4. The van der Waals surface area contributed by atoms with E-state index in [4.69, 9.17) is 44.3 Å². The van der Waals surface area contributed by atoms with Crippen LogP contribution in [0.4, 0.5) is 5.69 Å². The third-order valence-electron chi connectivity index (χ3n) is 5.52. The first-order valence-corrected chi connectivity index (χ1v) is 13.2. The highest BCUT2D eigenvalue weighted by molar-refractivity contribution is 9.10. The molecule has 2 aromatic heterocycles. The number of aromatic nitrogens is 1. The molecule has 10 heteroatoms. The Morgan fingerprint density at radius 3 is 2.66 bits per heavy atom. The predicted molar refractivity (Wildman–Crippen MR) is 159 cm³/mol. The van der Waals surface area contributed by atoms with Gasteiger partial charge < -0.3 is 14.2 Å². The fourth-order valence-corrected chi connectivity index (χ4v) is 4.56. The Bertz CT molecular complexity index is 1730. The summed E-state index contributed by atoms with van der Waals surface area (Å²) in [4.78, 5) is 16.9. The second-order valence-corrected chi connectivity index (χ2v) is 10.4. The number of benzene rings is 3. The van der Waals surface area contributed by atoms with Gasteiger partial charge in [-0.05, 0) is 85.4 Å². The van der Waals surface area contributed by atoms with Crippen molar-refractivity contribution in [2.24, 2.45) is 0 Å². The number of carbonyl (C=O) groups is 1. The molecule has 0 aliphatic heterocycles. The average Bonchev–Trinajstić information content (AvgIpc) is 3.53. The van der Waals surface area contributed by atoms with Gasteiger partial charge in [-0.2, -0.15) is 0 Å². The molecule has 0 unspecified atom stereocenters. The van der Waals surface area contributed by atoms with Crippen LogP contribution in [0.3, 0.4) is 0 Å². The van der Waals surface area contributed by atoms with Gasteiger partial charge in [-0.3, -0.25) is 10.1 Å². The Morgan fingerprint density at radius 2 is 1.84 bits per heavy atom. The lowest BCUT2D eigenvalue weighted by Crippen LogP contribution is -2.32. The van der Waals surface area contributed by atoms with Gasteiger partial charge in [-0.1, -0.05) is 51.3 Å². The highest BCUT2D eigenvalue weighted by Crippen LogP contribution is 2.33. The van der Waals surface area contributed by atoms with Crippen molar-refractivity contribution in [1.82, 2.24) is 10.3 Å². The molecule has 3 aromatic carbocycles. The van der Waals surface area contributed by atoms with Crippen molar-refractivity contribution in [1.29, 1.82) is 0 Å². The lowest BCUT2D eigenvalue weighted by atomic mass is 10.1. The smallest absolute Gasteiger partial charge is 0.250 e. The molecule has 190 valence electrons. The Kier molecular flexibility index (Phi) is 7.67. The van der Waals surface area contributed by atoms with Crippen LogP contribution in [0.5, 0.6) is 0 Å². The lowest BCUT2D eigenvalue weighted by Gasteiger charge is -2.07. The SMILES string of the molecule is Cc1ccc(-c2ccc(/C=C/C(=O)NC(=S)Nc3ccc4oc(-c5cc(Br)ccc5Cl)nc4c3)o2)cc1Cl. The summed E-state index contributed by atoms with van der Waals surface area (Å²) >= 11 is 21.2. The molecule has 0 spiro atoms. The van der Waals surface area contributed by atoms with Crippen molar-refractivity contribution in [2.45, 2.75) is 6.92 Å². The standard InChI is InChI=1S/C28H18BrCl2N3O3S/c1-15-2-3-16(12-22(15)31)24-10-6-19(36-24)7-11-26(35)34-28(38)32-18-5-9-25-23(14-18)33-27(37-25)20-13-17(29)4-8-21(20)30/h2-14H,1H3,(H2,32,34,35,38)/b11-7+. The van der Waals surface area contributed by atoms with E-state index < -0.39 is 5.91 Å². The third kappa shape index (κ3) is 6.00. The highest BCUT2D eigenvalue weighted by Gasteiger charge is 2.13. The zero-order valence-corrected chi connectivity index (χ0v) is 23.6. The molecule has 0 aliphatic carbocycles. The number of halogens is 3. The summed E-state index contributed by atoms with van der Waals surface area (Å²) in [7, 11) is 0. The van der Waals surface area contributed by atoms with Gasteiger partial charge in [0.25, 0.3) is 0 Å². The van der Waals surface area contributed by atoms with E-state index in [2.05, 4.69) is 31.5 Å². The fraction of sp³-hybridized carbons (Fsp3) is 0.0357. The zero-order valence-electron chi connectivity index (χ0n) is 19.7. The first-order valence-electron chi connectivity index (χ1n) is 11.3. The molecule has 5 rings (SSSR count). The van der Waals surface area contributed by atoms with Gasteiger partial charge in [0.1, 0.15) is 17.0 Å². The summed E-state index contributed by atoms with van der Waals surface area (Å²) < 4.78 is 12.5. The summed E-state index contributed by atoms with van der Waals surface area (Å²) in [6.07, 6.45) is 2.90. The number of anilines is 1. The molecular formula is C28H18BrCl2N3O3S. The number of carbonyl (C=O) groups excluding carboxylic acids is 1. The number of amides is 1. The minimum atomic E-state index is -0.409. The molecule has 0 atom stereocenters. The van der Waals surface area contributed by atoms with Crippen molar-refractivity contribution in [3.8, 4) is 22.8 Å². The summed E-state index contributed by atoms with van der Waals surface area (Å²) in [5.74, 6) is 1.16. The minimum Gasteiger partial charge on any atom is -0.457 e. The number of thiocarbonyl (C=S) groups is 1. The Labute approximate surface area is 241 Å². The number of fused-ring (bicyclic) bond motifs is 1. The predicted octanol–water partition coefficient (Wildman–Crippen LogP) is 8.66. The van der Waals surface area contributed by atoms with Crippen LogP contribution in [0.15, 0.2) is 86.1 Å². The van der Waals surface area contributed by atoms with Crippen LogP contribution >= 0.6 is 51.3 Å². The van der Waals surface area contributed by atoms with Crippen LogP contribution in [0, 0.1) is 6.92 Å². The summed E-state index contributed by atoms with van der Waals surface area (Å²) in [6.45, 7) is 1.93. The molecule has 0 aliphatic rings. The fourth-order valence-electron chi connectivity index (χ4n) is 3.60. The Morgan fingerprint density at radius 1 is 1.00 bits per heavy atom. The zero-order chi connectivity index (χ0) is 26.8. The van der Waals surface area contributed by atoms with Gasteiger partial charge in [0.2, 0.25) is 11.8 Å². The Hall–Kier alpha value is -3.43. The molecule has 38 heavy (non-hydrogen) atoms. The molecular weight excluding hydrogens is 609 g/mol. The van der Waals surface area contributed by atoms with Crippen molar-refractivity contribution in [3.63, 3.8) is 0 Å². The second-order valence-electron chi connectivity index (χ2n) is 8.27. The van der Waals surface area contributed by atoms with E-state index in [9.17, 15) is 4.79 Å². The molecule has 0 saturated heterocycles. The Balaban J connectivity index is 1.21. The molecule has 5 aromatic rings. The van der Waals surface area contributed by atoms with E-state index in [1.165, 1.54) is 6.08 Å². The number of nitrogens with one attached hydrogen (secondary N) is 2. The molecule has 0 saturated carbocycles.